The Hall–Kier alpha value is -7.10. The molecule has 1 aliphatic carbocycles. The Kier molecular flexibility index (Phi) is 27.6. The van der Waals surface area contributed by atoms with Gasteiger partial charge in [0.2, 0.25) is 11.8 Å². The number of thiazole rings is 1. The molecule has 2 atom stereocenters. The Balaban J connectivity index is 0.00000459. The molecule has 0 saturated carbocycles. The van der Waals surface area contributed by atoms with Crippen molar-refractivity contribution >= 4 is 89.1 Å². The smallest absolute Gasteiger partial charge is 0.416 e. The number of likely N-dealkylation sites (N-methyl/N-ethyl adjacent to an activating group) is 3. The van der Waals surface area contributed by atoms with Gasteiger partial charge in [-0.2, -0.15) is 26.3 Å². The fourth-order valence-corrected chi connectivity index (χ4v) is 14.7. The highest BCUT2D eigenvalue weighted by atomic mass is 35.5. The summed E-state index contributed by atoms with van der Waals surface area (Å²) in [7, 11) is 5.18. The normalized spacial score (nSPS) is 17.8. The number of rotatable bonds is 25. The van der Waals surface area contributed by atoms with E-state index in [0.29, 0.717) is 117 Å². The largest absolute Gasteiger partial charge is 0.465 e. The number of nitrogens with zero attached hydrogens (tertiary/aromatic N) is 8. The molecule has 3 saturated heterocycles. The zero-order valence-corrected chi connectivity index (χ0v) is 58.9. The van der Waals surface area contributed by atoms with Gasteiger partial charge in [0.15, 0.2) is 5.13 Å². The quantitative estimate of drug-likeness (QED) is 0.0411. The van der Waals surface area contributed by atoms with Gasteiger partial charge in [0.1, 0.15) is 29.6 Å². The second-order valence-corrected chi connectivity index (χ2v) is 26.6. The van der Waals surface area contributed by atoms with Crippen LogP contribution in [0, 0.1) is 12.7 Å². The summed E-state index contributed by atoms with van der Waals surface area (Å²) >= 11 is 1.27. The molecule has 0 bridgehead atoms. The number of hydrogen-bond acceptors (Lipinski definition) is 12. The van der Waals surface area contributed by atoms with E-state index >= 15 is 0 Å². The number of aryl methyl sites for hydroxylation is 1. The number of unbranched alkanes of at least 4 members (excludes halogenated alkanes) is 2. The van der Waals surface area contributed by atoms with Crippen LogP contribution in [0.1, 0.15) is 111 Å². The lowest BCUT2D eigenvalue weighted by Gasteiger charge is -2.44. The average molecular weight is 1460 g/mol. The molecule has 1 spiro atoms. The molecule has 6 aromatic rings. The number of halogens is 10. The summed E-state index contributed by atoms with van der Waals surface area (Å²) in [5.74, 6) is -2.01. The fraction of sp³-hybridized carbons (Fsp3) is 0.465. The van der Waals surface area contributed by atoms with E-state index < -0.39 is 64.6 Å². The highest BCUT2D eigenvalue weighted by Crippen LogP contribution is 2.49. The number of piperidine rings is 2. The van der Waals surface area contributed by atoms with E-state index in [2.05, 4.69) is 32.2 Å². The average Bonchev–Trinajstić information content (AvgIpc) is 1.59. The molecule has 4 aliphatic rings. The first kappa shape index (κ1) is 79.2. The second kappa shape index (κ2) is 34.5. The van der Waals surface area contributed by atoms with Crippen LogP contribution in [0.4, 0.5) is 46.3 Å². The van der Waals surface area contributed by atoms with Crippen LogP contribution in [0.3, 0.4) is 0 Å². The minimum absolute atomic E-state index is 0. The molecule has 0 radical (unpaired) electrons. The zero-order valence-electron chi connectivity index (χ0n) is 55.6. The number of benzene rings is 5. The Labute approximate surface area is 595 Å². The number of para-hydroxylation sites is 1. The van der Waals surface area contributed by atoms with Gasteiger partial charge in [0.25, 0.3) is 11.8 Å². The third kappa shape index (κ3) is 19.1. The number of alkyl halides is 6. The van der Waals surface area contributed by atoms with Gasteiger partial charge in [0.05, 0.1) is 35.2 Å². The number of carboxylic acid groups (broad SMARTS) is 1. The zero-order chi connectivity index (χ0) is 68.5. The second-order valence-electron chi connectivity index (χ2n) is 25.6. The molecule has 3 aliphatic heterocycles. The van der Waals surface area contributed by atoms with Crippen molar-refractivity contribution in [1.82, 2.24) is 34.4 Å². The molecule has 4 heterocycles. The topological polar surface area (TPSA) is 172 Å². The molecule has 1 aromatic heterocycles. The third-order valence-electron chi connectivity index (χ3n) is 19.4. The van der Waals surface area contributed by atoms with Gasteiger partial charge < -0.3 is 49.3 Å². The Morgan fingerprint density at radius 1 is 0.727 bits per heavy atom. The molecule has 0 unspecified atom stereocenters. The maximum atomic E-state index is 14.3. The fourth-order valence-electron chi connectivity index (χ4n) is 13.7. The number of aromatic nitrogens is 1. The summed E-state index contributed by atoms with van der Waals surface area (Å²) in [4.78, 5) is 84.1. The van der Waals surface area contributed by atoms with Crippen molar-refractivity contribution < 1.29 is 69.3 Å². The summed E-state index contributed by atoms with van der Waals surface area (Å²) in [6.45, 7) is 6.40. The van der Waals surface area contributed by atoms with E-state index in [4.69, 9.17) is 9.47 Å². The standard InChI is InChI=1S/C71H82F7N9O8S.3ClH/c1-48-63(96-66(80-48)79-31-14-6-9-21-61(88)81(2)39-40-84-32-26-56(27-33-84)87(67(92)93)59-20-13-11-18-57(59)49-15-7-5-8-16-49)65(91)83(4)38-37-82(3)62(89)45-94-60-43-50-17-10-12-19-58(50)68(60)28-34-85(35-29-68)36-30-69(52-22-24-55(72)25-23-52)46-86(47-95-69)64(90)51-41-53(70(73,74)75)44-54(42-51)71(76,77)78;;;/h5,7-8,10-13,15-20,22-25,41-42,44,56,60H,6,9,14,21,26-40,43,45-47H2,1-4H3,(H,79,80)(H,92,93);3*1H/t60-,69-;;;/m0.../s1. The number of carbonyl (C=O) groups excluding carboxylic acids is 4. The summed E-state index contributed by atoms with van der Waals surface area (Å²) in [5, 5.41) is 14.3. The summed E-state index contributed by atoms with van der Waals surface area (Å²) in [5.41, 5.74) is 0.144. The third-order valence-corrected chi connectivity index (χ3v) is 20.5. The van der Waals surface area contributed by atoms with Crippen molar-refractivity contribution in [2.75, 3.05) is 117 Å². The molecule has 17 nitrogen and oxygen atoms in total. The number of anilines is 2. The maximum absolute atomic E-state index is 14.3. The van der Waals surface area contributed by atoms with Gasteiger partial charge in [-0.3, -0.25) is 24.1 Å². The van der Waals surface area contributed by atoms with Crippen LogP contribution in [-0.2, 0) is 48.9 Å². The van der Waals surface area contributed by atoms with Gasteiger partial charge in [-0.1, -0.05) is 103 Å². The highest BCUT2D eigenvalue weighted by Gasteiger charge is 2.50. The Morgan fingerprint density at radius 2 is 1.34 bits per heavy atom. The van der Waals surface area contributed by atoms with Gasteiger partial charge in [0, 0.05) is 103 Å². The van der Waals surface area contributed by atoms with E-state index in [9.17, 15) is 59.8 Å². The highest BCUT2D eigenvalue weighted by molar-refractivity contribution is 7.17. The van der Waals surface area contributed by atoms with E-state index in [0.717, 1.165) is 59.5 Å². The van der Waals surface area contributed by atoms with Crippen LogP contribution in [0.5, 0.6) is 0 Å². The molecular weight excluding hydrogens is 1380 g/mol. The lowest BCUT2D eigenvalue weighted by Crippen LogP contribution is -2.50. The SMILES string of the molecule is Cc1nc(NCCCCCC(=O)N(C)CCN2CCC(N(C(=O)O)c3ccccc3-c3ccccc3)CC2)sc1C(=O)N(C)CCN(C)C(=O)CO[C@H]1Cc2ccccc2C12CCN(CC[C@@]1(c3ccc(F)cc3)CN(C(=O)c3cc(C(F)(F)F)cc(C(F)(F)F)c3)CO1)CC2.Cl.Cl.Cl. The van der Waals surface area contributed by atoms with E-state index in [1.165, 1.54) is 40.5 Å². The predicted octanol–water partition coefficient (Wildman–Crippen LogP) is 13.6. The molecular formula is C71H85Cl3F7N9O8S. The Morgan fingerprint density at radius 3 is 2.01 bits per heavy atom. The molecule has 538 valence electrons. The molecule has 3 fully saturated rings. The van der Waals surface area contributed by atoms with Crippen LogP contribution < -0.4 is 10.2 Å². The summed E-state index contributed by atoms with van der Waals surface area (Å²) in [6, 6.07) is 31.6. The molecule has 5 aromatic carbocycles. The van der Waals surface area contributed by atoms with Crippen molar-refractivity contribution in [3.05, 3.63) is 171 Å². The van der Waals surface area contributed by atoms with Gasteiger partial charge in [-0.15, -0.1) is 37.2 Å². The van der Waals surface area contributed by atoms with Crippen LogP contribution in [0.15, 0.2) is 121 Å². The number of amides is 5. The lowest BCUT2D eigenvalue weighted by molar-refractivity contribution is -0.143. The van der Waals surface area contributed by atoms with Crippen molar-refractivity contribution in [1.29, 1.82) is 0 Å². The molecule has 2 N–H and O–H groups in total. The Bertz CT molecular complexity index is 3680. The monoisotopic (exact) mass is 1460 g/mol. The number of likely N-dealkylation sites (tertiary alicyclic amines) is 2. The van der Waals surface area contributed by atoms with Gasteiger partial charge in [-0.05, 0) is 130 Å². The minimum Gasteiger partial charge on any atom is -0.465 e. The number of fused-ring (bicyclic) bond motifs is 2. The molecule has 28 heteroatoms. The van der Waals surface area contributed by atoms with Crippen molar-refractivity contribution in [3.63, 3.8) is 0 Å². The molecule has 99 heavy (non-hydrogen) atoms. The van der Waals surface area contributed by atoms with Crippen molar-refractivity contribution in [2.45, 2.75) is 107 Å². The summed E-state index contributed by atoms with van der Waals surface area (Å²) in [6.07, 6.45) is -5.31. The first-order chi connectivity index (χ1) is 45.8. The summed E-state index contributed by atoms with van der Waals surface area (Å²) < 4.78 is 110. The molecule has 5 amide bonds. The van der Waals surface area contributed by atoms with Crippen molar-refractivity contribution in [2.24, 2.45) is 0 Å². The van der Waals surface area contributed by atoms with E-state index in [-0.39, 0.29) is 106 Å². The first-order valence-corrected chi connectivity index (χ1v) is 33.4. The van der Waals surface area contributed by atoms with Crippen LogP contribution >= 0.6 is 48.6 Å². The number of hydrogen-bond donors (Lipinski definition) is 2. The number of nitrogens with one attached hydrogen (secondary N) is 1. The first-order valence-electron chi connectivity index (χ1n) is 32.6. The van der Waals surface area contributed by atoms with E-state index in [1.54, 1.807) is 35.7 Å². The predicted molar refractivity (Wildman–Crippen MR) is 373 cm³/mol. The number of carbonyl (C=O) groups is 5. The van der Waals surface area contributed by atoms with Crippen LogP contribution in [0.2, 0.25) is 0 Å². The van der Waals surface area contributed by atoms with Gasteiger partial charge in [-0.25, -0.2) is 14.2 Å². The van der Waals surface area contributed by atoms with Crippen LogP contribution in [0.25, 0.3) is 11.1 Å². The number of ether oxygens (including phenoxy) is 2. The minimum atomic E-state index is -5.15. The van der Waals surface area contributed by atoms with Gasteiger partial charge >= 0.3 is 18.4 Å². The lowest BCUT2D eigenvalue weighted by atomic mass is 9.72. The maximum Gasteiger partial charge on any atom is 0.416 e. The van der Waals surface area contributed by atoms with Crippen molar-refractivity contribution in [3.8, 4) is 11.1 Å². The molecule has 10 rings (SSSR count). The van der Waals surface area contributed by atoms with Crippen LogP contribution in [-0.4, -0.2) is 188 Å². The van der Waals surface area contributed by atoms with E-state index in [1.807, 2.05) is 73.8 Å².